The molecule has 1 amide bonds. The highest BCUT2D eigenvalue weighted by atomic mass is 16.5. The monoisotopic (exact) mass is 520 g/mol. The number of fused-ring (bicyclic) bond motifs is 1. The number of hydrogen-bond acceptors (Lipinski definition) is 3. The van der Waals surface area contributed by atoms with Gasteiger partial charge in [-0.15, -0.1) is 0 Å². The van der Waals surface area contributed by atoms with E-state index in [9.17, 15) is 9.59 Å². The number of rotatable bonds is 6. The molecule has 1 saturated heterocycles. The van der Waals surface area contributed by atoms with Gasteiger partial charge in [0.1, 0.15) is 5.75 Å². The van der Waals surface area contributed by atoms with E-state index in [2.05, 4.69) is 21.7 Å². The van der Waals surface area contributed by atoms with Crippen molar-refractivity contribution in [1.82, 2.24) is 19.0 Å². The van der Waals surface area contributed by atoms with Gasteiger partial charge in [-0.2, -0.15) is 0 Å². The summed E-state index contributed by atoms with van der Waals surface area (Å²) in [6, 6.07) is 27.9. The first kappa shape index (κ1) is 24.8. The summed E-state index contributed by atoms with van der Waals surface area (Å²) < 4.78 is 9.95. The van der Waals surface area contributed by atoms with Gasteiger partial charge in [0.25, 0.3) is 5.91 Å². The van der Waals surface area contributed by atoms with Gasteiger partial charge in [-0.05, 0) is 62.6 Å². The minimum absolute atomic E-state index is 0.0158. The summed E-state index contributed by atoms with van der Waals surface area (Å²) >= 11 is 0. The SMILES string of the molecule is CCOc1ccccc1-n1c(-c2ccccc2)cc(C(=O)N2CCC(n3c(=O)[nH]c4ccccc43)CC2)c1C. The third-order valence-electron chi connectivity index (χ3n) is 7.69. The highest BCUT2D eigenvalue weighted by molar-refractivity contribution is 5.97. The number of hydrogen-bond donors (Lipinski definition) is 1. The first-order valence-electron chi connectivity index (χ1n) is 13.5. The van der Waals surface area contributed by atoms with Crippen molar-refractivity contribution in [3.8, 4) is 22.7 Å². The molecule has 0 aliphatic carbocycles. The molecule has 7 nitrogen and oxygen atoms in total. The summed E-state index contributed by atoms with van der Waals surface area (Å²) in [5.41, 5.74) is 6.12. The first-order chi connectivity index (χ1) is 19.1. The standard InChI is InChI=1S/C32H32N4O3/c1-3-39-30-16-10-9-15-28(30)35-22(2)25(21-29(35)23-11-5-4-6-12-23)31(37)34-19-17-24(18-20-34)36-27-14-8-7-13-26(27)33-32(36)38/h4-16,21,24H,3,17-20H2,1-2H3,(H,33,38). The van der Waals surface area contributed by atoms with Gasteiger partial charge in [0.15, 0.2) is 0 Å². The number of likely N-dealkylation sites (tertiary alicyclic amines) is 1. The number of carbonyl (C=O) groups excluding carboxylic acids is 1. The number of carbonyl (C=O) groups is 1. The number of nitrogens with zero attached hydrogens (tertiary/aromatic N) is 3. The molecule has 3 heterocycles. The van der Waals surface area contributed by atoms with Crippen LogP contribution in [0.15, 0.2) is 89.7 Å². The van der Waals surface area contributed by atoms with E-state index in [0.29, 0.717) is 25.3 Å². The second kappa shape index (κ2) is 10.3. The zero-order valence-corrected chi connectivity index (χ0v) is 22.3. The van der Waals surface area contributed by atoms with E-state index in [1.807, 2.05) is 96.1 Å². The lowest BCUT2D eigenvalue weighted by Gasteiger charge is -2.32. The van der Waals surface area contributed by atoms with Gasteiger partial charge < -0.3 is 19.2 Å². The number of aromatic nitrogens is 3. The topological polar surface area (TPSA) is 72.3 Å². The van der Waals surface area contributed by atoms with Crippen molar-refractivity contribution in [2.75, 3.05) is 19.7 Å². The van der Waals surface area contributed by atoms with E-state index in [1.54, 1.807) is 0 Å². The summed E-state index contributed by atoms with van der Waals surface area (Å²) in [4.78, 5) is 31.5. The molecule has 0 spiro atoms. The van der Waals surface area contributed by atoms with Crippen molar-refractivity contribution in [3.05, 3.63) is 107 Å². The zero-order chi connectivity index (χ0) is 26.9. The zero-order valence-electron chi connectivity index (χ0n) is 22.3. The lowest BCUT2D eigenvalue weighted by atomic mass is 10.0. The molecule has 0 bridgehead atoms. The van der Waals surface area contributed by atoms with E-state index >= 15 is 0 Å². The Kier molecular flexibility index (Phi) is 6.57. The molecule has 39 heavy (non-hydrogen) atoms. The van der Waals surface area contributed by atoms with Gasteiger partial charge in [0.2, 0.25) is 0 Å². The Bertz CT molecular complexity index is 1690. The third-order valence-corrected chi connectivity index (χ3v) is 7.69. The van der Waals surface area contributed by atoms with Crippen LogP contribution in [0.1, 0.15) is 41.9 Å². The molecular weight excluding hydrogens is 488 g/mol. The van der Waals surface area contributed by atoms with Crippen molar-refractivity contribution in [1.29, 1.82) is 0 Å². The minimum atomic E-state index is -0.0886. The van der Waals surface area contributed by atoms with Crippen molar-refractivity contribution < 1.29 is 9.53 Å². The van der Waals surface area contributed by atoms with Gasteiger partial charge in [0, 0.05) is 24.8 Å². The second-order valence-corrected chi connectivity index (χ2v) is 9.97. The van der Waals surface area contributed by atoms with Crippen LogP contribution in [0.3, 0.4) is 0 Å². The maximum absolute atomic E-state index is 13.9. The largest absolute Gasteiger partial charge is 0.492 e. The Morgan fingerprint density at radius 1 is 0.949 bits per heavy atom. The van der Waals surface area contributed by atoms with Crippen LogP contribution in [0.25, 0.3) is 28.0 Å². The van der Waals surface area contributed by atoms with E-state index in [-0.39, 0.29) is 17.6 Å². The van der Waals surface area contributed by atoms with Gasteiger partial charge in [-0.1, -0.05) is 54.6 Å². The molecule has 198 valence electrons. The smallest absolute Gasteiger partial charge is 0.326 e. The summed E-state index contributed by atoms with van der Waals surface area (Å²) in [7, 11) is 0. The predicted octanol–water partition coefficient (Wildman–Crippen LogP) is 5.97. The molecule has 7 heteroatoms. The average molecular weight is 521 g/mol. The Labute approximate surface area is 227 Å². The van der Waals surface area contributed by atoms with Crippen LogP contribution in [0, 0.1) is 6.92 Å². The number of aromatic amines is 1. The van der Waals surface area contributed by atoms with Crippen molar-refractivity contribution >= 4 is 16.9 Å². The van der Waals surface area contributed by atoms with Crippen LogP contribution in [0.4, 0.5) is 0 Å². The van der Waals surface area contributed by atoms with Crippen LogP contribution in [-0.2, 0) is 0 Å². The number of imidazole rings is 1. The molecule has 0 atom stereocenters. The van der Waals surface area contributed by atoms with E-state index in [0.717, 1.165) is 52.3 Å². The molecule has 2 aromatic heterocycles. The number of ether oxygens (including phenoxy) is 1. The normalized spacial score (nSPS) is 14.2. The fourth-order valence-corrected chi connectivity index (χ4v) is 5.81. The van der Waals surface area contributed by atoms with Crippen LogP contribution in [-0.4, -0.2) is 44.6 Å². The molecule has 1 aliphatic heterocycles. The Morgan fingerprint density at radius 3 is 2.41 bits per heavy atom. The maximum Gasteiger partial charge on any atom is 0.326 e. The quantitative estimate of drug-likeness (QED) is 0.300. The lowest BCUT2D eigenvalue weighted by Crippen LogP contribution is -2.40. The number of para-hydroxylation sites is 4. The Morgan fingerprint density at radius 2 is 1.64 bits per heavy atom. The van der Waals surface area contributed by atoms with Crippen molar-refractivity contribution in [2.45, 2.75) is 32.7 Å². The van der Waals surface area contributed by atoms with E-state index < -0.39 is 0 Å². The van der Waals surface area contributed by atoms with Crippen LogP contribution in [0.2, 0.25) is 0 Å². The number of piperidine rings is 1. The Balaban J connectivity index is 1.33. The van der Waals surface area contributed by atoms with Crippen LogP contribution < -0.4 is 10.4 Å². The summed E-state index contributed by atoms with van der Waals surface area (Å²) in [5, 5.41) is 0. The van der Waals surface area contributed by atoms with Crippen molar-refractivity contribution in [3.63, 3.8) is 0 Å². The molecule has 6 rings (SSSR count). The predicted molar refractivity (Wildman–Crippen MR) is 154 cm³/mol. The van der Waals surface area contributed by atoms with E-state index in [4.69, 9.17) is 4.74 Å². The van der Waals surface area contributed by atoms with Gasteiger partial charge in [-0.25, -0.2) is 4.79 Å². The molecule has 0 radical (unpaired) electrons. The average Bonchev–Trinajstić information content (AvgIpc) is 3.49. The molecule has 5 aromatic rings. The molecule has 1 N–H and O–H groups in total. The summed E-state index contributed by atoms with van der Waals surface area (Å²) in [6.45, 7) is 5.71. The van der Waals surface area contributed by atoms with Crippen LogP contribution in [0.5, 0.6) is 5.75 Å². The highest BCUT2D eigenvalue weighted by Crippen LogP contribution is 2.35. The summed E-state index contributed by atoms with van der Waals surface area (Å²) in [6.07, 6.45) is 1.46. The maximum atomic E-state index is 13.9. The fraction of sp³-hybridized carbons (Fsp3) is 0.250. The molecule has 3 aromatic carbocycles. The molecule has 1 aliphatic rings. The van der Waals surface area contributed by atoms with Gasteiger partial charge in [0.05, 0.1) is 34.6 Å². The number of amides is 1. The van der Waals surface area contributed by atoms with Crippen molar-refractivity contribution in [2.24, 2.45) is 0 Å². The molecular formula is C32H32N4O3. The van der Waals surface area contributed by atoms with E-state index in [1.165, 1.54) is 0 Å². The van der Waals surface area contributed by atoms with Crippen LogP contribution >= 0.6 is 0 Å². The highest BCUT2D eigenvalue weighted by Gasteiger charge is 2.29. The number of benzene rings is 3. The summed E-state index contributed by atoms with van der Waals surface area (Å²) in [5.74, 6) is 0.793. The third kappa shape index (κ3) is 4.44. The molecule has 0 saturated carbocycles. The molecule has 0 unspecified atom stereocenters. The lowest BCUT2D eigenvalue weighted by molar-refractivity contribution is 0.0694. The van der Waals surface area contributed by atoms with Gasteiger partial charge in [-0.3, -0.25) is 9.36 Å². The number of nitrogens with one attached hydrogen (secondary N) is 1. The number of H-pyrrole nitrogens is 1. The van der Waals surface area contributed by atoms with Gasteiger partial charge >= 0.3 is 5.69 Å². The second-order valence-electron chi connectivity index (χ2n) is 9.97. The minimum Gasteiger partial charge on any atom is -0.492 e. The molecule has 1 fully saturated rings. The Hall–Kier alpha value is -4.52. The first-order valence-corrected chi connectivity index (χ1v) is 13.5. The fourth-order valence-electron chi connectivity index (χ4n) is 5.81.